The standard InChI is InChI=1S/C13H11N3O3/c17-15-13(10-4-2-1-3-5-10)14-11-6-8-12(9-7-11)16(18)19/h1-9,17H,(H,14,15). The lowest BCUT2D eigenvalue weighted by Crippen LogP contribution is -2.19. The van der Waals surface area contributed by atoms with Crippen LogP contribution in [0.1, 0.15) is 5.56 Å². The molecule has 2 rings (SSSR count). The Kier molecular flexibility index (Phi) is 3.84. The number of hydrogen-bond donors (Lipinski definition) is 2. The molecule has 0 atom stereocenters. The summed E-state index contributed by atoms with van der Waals surface area (Å²) >= 11 is 0. The van der Waals surface area contributed by atoms with E-state index < -0.39 is 4.92 Å². The molecule has 0 unspecified atom stereocenters. The molecule has 0 bridgehead atoms. The van der Waals surface area contributed by atoms with Gasteiger partial charge >= 0.3 is 0 Å². The minimum absolute atomic E-state index is 0.00262. The van der Waals surface area contributed by atoms with Crippen LogP contribution in [0.25, 0.3) is 0 Å². The molecule has 0 aliphatic heterocycles. The highest BCUT2D eigenvalue weighted by atomic mass is 16.6. The van der Waals surface area contributed by atoms with E-state index in [1.54, 1.807) is 12.1 Å². The van der Waals surface area contributed by atoms with Crippen LogP contribution in [0.3, 0.4) is 0 Å². The van der Waals surface area contributed by atoms with Crippen molar-refractivity contribution in [2.75, 3.05) is 0 Å². The van der Waals surface area contributed by atoms with Gasteiger partial charge in [-0.1, -0.05) is 30.3 Å². The summed E-state index contributed by atoms with van der Waals surface area (Å²) < 4.78 is 0. The molecule has 0 saturated carbocycles. The monoisotopic (exact) mass is 257 g/mol. The smallest absolute Gasteiger partial charge is 0.269 e. The zero-order valence-corrected chi connectivity index (χ0v) is 9.85. The van der Waals surface area contributed by atoms with Gasteiger partial charge in [0.05, 0.1) is 10.6 Å². The lowest BCUT2D eigenvalue weighted by molar-refractivity contribution is -0.384. The molecule has 6 nitrogen and oxygen atoms in total. The van der Waals surface area contributed by atoms with Crippen LogP contribution in [-0.4, -0.2) is 16.0 Å². The van der Waals surface area contributed by atoms with Gasteiger partial charge in [0.25, 0.3) is 5.69 Å². The first kappa shape index (κ1) is 12.7. The molecule has 19 heavy (non-hydrogen) atoms. The van der Waals surface area contributed by atoms with Crippen LogP contribution in [0, 0.1) is 10.1 Å². The van der Waals surface area contributed by atoms with Crippen molar-refractivity contribution in [1.29, 1.82) is 0 Å². The third kappa shape index (κ3) is 3.14. The van der Waals surface area contributed by atoms with Gasteiger partial charge in [0.2, 0.25) is 0 Å². The van der Waals surface area contributed by atoms with Crippen LogP contribution in [0.5, 0.6) is 0 Å². The Morgan fingerprint density at radius 3 is 2.26 bits per heavy atom. The molecular weight excluding hydrogens is 246 g/mol. The number of hydrogen-bond acceptors (Lipinski definition) is 4. The van der Waals surface area contributed by atoms with Crippen molar-refractivity contribution in [2.45, 2.75) is 0 Å². The normalized spacial score (nSPS) is 11.1. The fourth-order valence-electron chi connectivity index (χ4n) is 1.53. The van der Waals surface area contributed by atoms with E-state index >= 15 is 0 Å². The second kappa shape index (κ2) is 5.74. The Balaban J connectivity index is 2.30. The first-order valence-electron chi connectivity index (χ1n) is 5.49. The summed E-state index contributed by atoms with van der Waals surface area (Å²) in [6.07, 6.45) is 0. The summed E-state index contributed by atoms with van der Waals surface area (Å²) in [5, 5.41) is 19.6. The molecule has 2 N–H and O–H groups in total. The molecule has 2 aromatic rings. The summed E-state index contributed by atoms with van der Waals surface area (Å²) in [5.74, 6) is 0.273. The third-order valence-corrected chi connectivity index (χ3v) is 2.45. The molecule has 2 aromatic carbocycles. The molecule has 6 heteroatoms. The average molecular weight is 257 g/mol. The first-order chi connectivity index (χ1) is 9.20. The fraction of sp³-hybridized carbons (Fsp3) is 0. The topological polar surface area (TPSA) is 87.8 Å². The highest BCUT2D eigenvalue weighted by molar-refractivity contribution is 5.99. The Morgan fingerprint density at radius 1 is 1.11 bits per heavy atom. The number of benzene rings is 2. The zero-order chi connectivity index (χ0) is 13.7. The van der Waals surface area contributed by atoms with Crippen molar-refractivity contribution in [3.63, 3.8) is 0 Å². The number of aliphatic imine (C=N–C) groups is 1. The van der Waals surface area contributed by atoms with E-state index in [2.05, 4.69) is 4.99 Å². The number of hydroxylamine groups is 1. The van der Waals surface area contributed by atoms with Crippen molar-refractivity contribution in [2.24, 2.45) is 4.99 Å². The minimum atomic E-state index is -0.476. The van der Waals surface area contributed by atoms with E-state index in [0.717, 1.165) is 0 Å². The van der Waals surface area contributed by atoms with E-state index in [0.29, 0.717) is 11.3 Å². The Bertz CT molecular complexity index is 594. The third-order valence-electron chi connectivity index (χ3n) is 2.45. The van der Waals surface area contributed by atoms with Gasteiger partial charge in [-0.15, -0.1) is 0 Å². The predicted octanol–water partition coefficient (Wildman–Crippen LogP) is 2.65. The molecule has 0 aliphatic carbocycles. The molecule has 0 aromatic heterocycles. The maximum Gasteiger partial charge on any atom is 0.269 e. The SMILES string of the molecule is O=[N+]([O-])c1ccc(N=C(NO)c2ccccc2)cc1. The summed E-state index contributed by atoms with van der Waals surface area (Å²) in [5.41, 5.74) is 3.23. The molecule has 0 amide bonds. The maximum atomic E-state index is 10.5. The number of rotatable bonds is 3. The van der Waals surface area contributed by atoms with E-state index in [1.807, 2.05) is 23.7 Å². The van der Waals surface area contributed by atoms with Gasteiger partial charge in [-0.2, -0.15) is 0 Å². The van der Waals surface area contributed by atoms with E-state index in [-0.39, 0.29) is 11.5 Å². The first-order valence-corrected chi connectivity index (χ1v) is 5.49. The average Bonchev–Trinajstić information content (AvgIpc) is 2.46. The minimum Gasteiger partial charge on any atom is -0.290 e. The van der Waals surface area contributed by atoms with Crippen LogP contribution in [0.4, 0.5) is 11.4 Å². The molecule has 0 spiro atoms. The molecule has 0 saturated heterocycles. The van der Waals surface area contributed by atoms with Crippen LogP contribution in [0.2, 0.25) is 0 Å². The van der Waals surface area contributed by atoms with Gasteiger partial charge in [0, 0.05) is 17.7 Å². The summed E-state index contributed by atoms with van der Waals surface area (Å²) in [6.45, 7) is 0. The van der Waals surface area contributed by atoms with E-state index in [1.165, 1.54) is 24.3 Å². The van der Waals surface area contributed by atoms with Gasteiger partial charge in [-0.05, 0) is 12.1 Å². The largest absolute Gasteiger partial charge is 0.290 e. The lowest BCUT2D eigenvalue weighted by atomic mass is 10.2. The molecule has 0 aliphatic rings. The Labute approximate surface area is 109 Å². The van der Waals surface area contributed by atoms with Crippen molar-refractivity contribution in [3.05, 3.63) is 70.3 Å². The summed E-state index contributed by atoms with van der Waals surface area (Å²) in [6, 6.07) is 14.8. The van der Waals surface area contributed by atoms with Crippen LogP contribution >= 0.6 is 0 Å². The van der Waals surface area contributed by atoms with Crippen molar-refractivity contribution >= 4 is 17.2 Å². The zero-order valence-electron chi connectivity index (χ0n) is 9.85. The van der Waals surface area contributed by atoms with Crippen molar-refractivity contribution in [1.82, 2.24) is 5.48 Å². The van der Waals surface area contributed by atoms with Crippen molar-refractivity contribution in [3.8, 4) is 0 Å². The fourth-order valence-corrected chi connectivity index (χ4v) is 1.53. The van der Waals surface area contributed by atoms with Gasteiger partial charge in [0.15, 0.2) is 5.84 Å². The van der Waals surface area contributed by atoms with Gasteiger partial charge < -0.3 is 0 Å². The van der Waals surface area contributed by atoms with Gasteiger partial charge in [-0.3, -0.25) is 20.8 Å². The number of nitrogens with zero attached hydrogens (tertiary/aromatic N) is 2. The molecule has 0 radical (unpaired) electrons. The number of nitrogens with one attached hydrogen (secondary N) is 1. The number of nitro groups is 1. The summed E-state index contributed by atoms with van der Waals surface area (Å²) in [7, 11) is 0. The Morgan fingerprint density at radius 2 is 1.74 bits per heavy atom. The number of amidine groups is 1. The van der Waals surface area contributed by atoms with Crippen LogP contribution in [-0.2, 0) is 0 Å². The van der Waals surface area contributed by atoms with Gasteiger partial charge in [0.1, 0.15) is 0 Å². The van der Waals surface area contributed by atoms with Crippen LogP contribution in [0.15, 0.2) is 59.6 Å². The highest BCUT2D eigenvalue weighted by Gasteiger charge is 2.05. The molecule has 0 fully saturated rings. The maximum absolute atomic E-state index is 10.5. The molecule has 96 valence electrons. The number of non-ortho nitro benzene ring substituents is 1. The predicted molar refractivity (Wildman–Crippen MR) is 70.7 cm³/mol. The lowest BCUT2D eigenvalue weighted by Gasteiger charge is -2.04. The second-order valence-corrected chi connectivity index (χ2v) is 3.71. The van der Waals surface area contributed by atoms with E-state index in [9.17, 15) is 10.1 Å². The van der Waals surface area contributed by atoms with Crippen LogP contribution < -0.4 is 5.48 Å². The summed E-state index contributed by atoms with van der Waals surface area (Å²) in [4.78, 5) is 14.2. The van der Waals surface area contributed by atoms with Gasteiger partial charge in [-0.25, -0.2) is 4.99 Å². The quantitative estimate of drug-likeness (QED) is 0.383. The number of nitro benzene ring substituents is 1. The van der Waals surface area contributed by atoms with E-state index in [4.69, 9.17) is 5.21 Å². The Hall–Kier alpha value is -2.73. The second-order valence-electron chi connectivity index (χ2n) is 3.71. The molecular formula is C13H11N3O3. The van der Waals surface area contributed by atoms with Crippen molar-refractivity contribution < 1.29 is 10.1 Å². The highest BCUT2D eigenvalue weighted by Crippen LogP contribution is 2.18. The molecule has 0 heterocycles.